The van der Waals surface area contributed by atoms with E-state index in [0.29, 0.717) is 22.8 Å². The van der Waals surface area contributed by atoms with Gasteiger partial charge in [-0.05, 0) is 55.5 Å². The van der Waals surface area contributed by atoms with Crippen molar-refractivity contribution >= 4 is 23.2 Å². The zero-order chi connectivity index (χ0) is 22.8. The number of nitrogens with zero attached hydrogens (tertiary/aromatic N) is 1. The molecule has 2 aliphatic rings. The first-order valence-electron chi connectivity index (χ1n) is 9.87. The lowest BCUT2D eigenvalue weighted by atomic mass is 10.1. The van der Waals surface area contributed by atoms with Gasteiger partial charge in [0, 0.05) is 22.2 Å². The molecule has 0 bridgehead atoms. The predicted molar refractivity (Wildman–Crippen MR) is 123 cm³/mol. The van der Waals surface area contributed by atoms with Gasteiger partial charge < -0.3 is 24.4 Å². The molecule has 2 heterocycles. The molecule has 2 aromatic carbocycles. The van der Waals surface area contributed by atoms with E-state index in [0.717, 1.165) is 21.9 Å². The van der Waals surface area contributed by atoms with Crippen LogP contribution in [0, 0.1) is 5.82 Å². The molecule has 0 saturated carbocycles. The van der Waals surface area contributed by atoms with Crippen LogP contribution in [0.3, 0.4) is 0 Å². The van der Waals surface area contributed by atoms with E-state index < -0.39 is 0 Å². The van der Waals surface area contributed by atoms with Crippen molar-refractivity contribution in [3.63, 3.8) is 0 Å². The van der Waals surface area contributed by atoms with E-state index in [1.165, 1.54) is 39.5 Å². The summed E-state index contributed by atoms with van der Waals surface area (Å²) >= 11 is 1.68. The number of benzene rings is 2. The summed E-state index contributed by atoms with van der Waals surface area (Å²) < 4.78 is 29.5. The van der Waals surface area contributed by atoms with E-state index in [1.807, 2.05) is 13.1 Å². The molecule has 0 radical (unpaired) electrons. The molecule has 1 N–H and O–H groups in total. The zero-order valence-corrected chi connectivity index (χ0v) is 19.0. The van der Waals surface area contributed by atoms with E-state index in [4.69, 9.17) is 14.2 Å². The Kier molecular flexibility index (Phi) is 6.14. The Morgan fingerprint density at radius 1 is 1.09 bits per heavy atom. The SMILES string of the molecule is COc1cc(C(=O)/C=C/C2=C(c3ccc(F)cc3)NC3SC(C)=CN23)cc(OC)c1OC. The maximum absolute atomic E-state index is 13.4. The average Bonchev–Trinajstić information content (AvgIpc) is 3.32. The predicted octanol–water partition coefficient (Wildman–Crippen LogP) is 4.76. The standard InChI is InChI=1S/C24H23FN2O4S/c1-14-13-27-18(22(26-24(27)32-14)15-5-7-17(25)8-6-15)9-10-19(28)16-11-20(29-2)23(31-4)21(12-16)30-3/h5-13,24,26H,1-4H3/b10-9+. The topological polar surface area (TPSA) is 60.0 Å². The van der Waals surface area contributed by atoms with Crippen LogP contribution in [-0.2, 0) is 0 Å². The summed E-state index contributed by atoms with van der Waals surface area (Å²) in [6, 6.07) is 9.52. The first kappa shape index (κ1) is 21.8. The fourth-order valence-corrected chi connectivity index (χ4v) is 4.63. The molecule has 1 atom stereocenters. The van der Waals surface area contributed by atoms with Gasteiger partial charge in [-0.1, -0.05) is 11.8 Å². The number of hydrogen-bond donors (Lipinski definition) is 1. The van der Waals surface area contributed by atoms with Gasteiger partial charge in [-0.2, -0.15) is 0 Å². The second-order valence-electron chi connectivity index (χ2n) is 7.14. The summed E-state index contributed by atoms with van der Waals surface area (Å²) in [5.74, 6) is 0.729. The van der Waals surface area contributed by atoms with Crippen LogP contribution >= 0.6 is 11.8 Å². The van der Waals surface area contributed by atoms with Crippen LogP contribution in [0.15, 0.2) is 65.4 Å². The van der Waals surface area contributed by atoms with Gasteiger partial charge in [0.15, 0.2) is 22.8 Å². The Morgan fingerprint density at radius 2 is 1.75 bits per heavy atom. The number of thioether (sulfide) groups is 1. The third kappa shape index (κ3) is 4.05. The second kappa shape index (κ2) is 9.00. The zero-order valence-electron chi connectivity index (χ0n) is 18.1. The van der Waals surface area contributed by atoms with Crippen molar-refractivity contribution in [1.82, 2.24) is 10.2 Å². The van der Waals surface area contributed by atoms with Gasteiger partial charge in [0.2, 0.25) is 5.75 Å². The summed E-state index contributed by atoms with van der Waals surface area (Å²) in [6.45, 7) is 2.03. The fraction of sp³-hybridized carbons (Fsp3) is 0.208. The first-order chi connectivity index (χ1) is 15.4. The number of carbonyl (C=O) groups is 1. The van der Waals surface area contributed by atoms with Crippen molar-refractivity contribution in [2.75, 3.05) is 21.3 Å². The summed E-state index contributed by atoms with van der Waals surface area (Å²) in [6.07, 6.45) is 5.31. The van der Waals surface area contributed by atoms with Crippen LogP contribution in [-0.4, -0.2) is 37.5 Å². The van der Waals surface area contributed by atoms with E-state index in [9.17, 15) is 9.18 Å². The van der Waals surface area contributed by atoms with Crippen molar-refractivity contribution in [3.05, 3.63) is 82.3 Å². The number of ketones is 1. The van der Waals surface area contributed by atoms with Crippen LogP contribution in [0.2, 0.25) is 0 Å². The van der Waals surface area contributed by atoms with Gasteiger partial charge >= 0.3 is 0 Å². The lowest BCUT2D eigenvalue weighted by Crippen LogP contribution is -2.26. The smallest absolute Gasteiger partial charge is 0.203 e. The maximum atomic E-state index is 13.4. The Labute approximate surface area is 190 Å². The molecular formula is C24H23FN2O4S. The van der Waals surface area contributed by atoms with E-state index in [-0.39, 0.29) is 17.1 Å². The molecule has 0 saturated heterocycles. The highest BCUT2D eigenvalue weighted by Gasteiger charge is 2.34. The van der Waals surface area contributed by atoms with Gasteiger partial charge in [0.05, 0.1) is 32.7 Å². The van der Waals surface area contributed by atoms with E-state index in [1.54, 1.807) is 42.1 Å². The Balaban J connectivity index is 1.70. The largest absolute Gasteiger partial charge is 0.493 e. The van der Waals surface area contributed by atoms with Crippen molar-refractivity contribution in [2.45, 2.75) is 12.4 Å². The number of hydrogen-bond acceptors (Lipinski definition) is 7. The Hall–Kier alpha value is -3.39. The highest BCUT2D eigenvalue weighted by molar-refractivity contribution is 8.03. The number of allylic oxidation sites excluding steroid dienone is 3. The molecule has 4 rings (SSSR count). The highest BCUT2D eigenvalue weighted by Crippen LogP contribution is 2.42. The number of carbonyl (C=O) groups excluding carboxylic acids is 1. The number of fused-ring (bicyclic) bond motifs is 1. The monoisotopic (exact) mass is 454 g/mol. The molecular weight excluding hydrogens is 431 g/mol. The normalized spacial score (nSPS) is 17.3. The number of halogens is 1. The summed E-state index contributed by atoms with van der Waals surface area (Å²) in [4.78, 5) is 16.2. The van der Waals surface area contributed by atoms with Crippen LogP contribution < -0.4 is 19.5 Å². The highest BCUT2D eigenvalue weighted by atomic mass is 32.2. The minimum Gasteiger partial charge on any atom is -0.493 e. The molecule has 0 aliphatic carbocycles. The third-order valence-electron chi connectivity index (χ3n) is 5.15. The van der Waals surface area contributed by atoms with E-state index >= 15 is 0 Å². The number of nitrogens with one attached hydrogen (secondary N) is 1. The van der Waals surface area contributed by atoms with Gasteiger partial charge in [-0.25, -0.2) is 4.39 Å². The quantitative estimate of drug-likeness (QED) is 0.478. The molecule has 166 valence electrons. The molecule has 1 unspecified atom stereocenters. The van der Waals surface area contributed by atoms with Crippen molar-refractivity contribution in [1.29, 1.82) is 0 Å². The number of rotatable bonds is 7. The second-order valence-corrected chi connectivity index (χ2v) is 8.47. The molecule has 32 heavy (non-hydrogen) atoms. The Bertz CT molecular complexity index is 1120. The number of methoxy groups -OCH3 is 3. The lowest BCUT2D eigenvalue weighted by Gasteiger charge is -2.16. The fourth-order valence-electron chi connectivity index (χ4n) is 3.64. The van der Waals surface area contributed by atoms with Gasteiger partial charge in [-0.15, -0.1) is 0 Å². The number of ether oxygens (including phenoxy) is 3. The average molecular weight is 455 g/mol. The van der Waals surface area contributed by atoms with Crippen LogP contribution in [0.25, 0.3) is 5.70 Å². The van der Waals surface area contributed by atoms with Gasteiger partial charge in [-0.3, -0.25) is 4.79 Å². The molecule has 0 fully saturated rings. The molecule has 2 aliphatic heterocycles. The van der Waals surface area contributed by atoms with Crippen LogP contribution in [0.4, 0.5) is 4.39 Å². The first-order valence-corrected chi connectivity index (χ1v) is 10.8. The molecule has 0 aromatic heterocycles. The summed E-state index contributed by atoms with van der Waals surface area (Å²) in [5.41, 5.74) is 2.90. The van der Waals surface area contributed by atoms with Crippen LogP contribution in [0.1, 0.15) is 22.8 Å². The van der Waals surface area contributed by atoms with Crippen molar-refractivity contribution < 1.29 is 23.4 Å². The van der Waals surface area contributed by atoms with Gasteiger partial charge in [0.1, 0.15) is 5.82 Å². The molecule has 0 amide bonds. The maximum Gasteiger partial charge on any atom is 0.203 e. The van der Waals surface area contributed by atoms with Crippen molar-refractivity contribution in [2.24, 2.45) is 0 Å². The van der Waals surface area contributed by atoms with E-state index in [2.05, 4.69) is 10.2 Å². The Morgan fingerprint density at radius 3 is 2.34 bits per heavy atom. The molecule has 2 aromatic rings. The van der Waals surface area contributed by atoms with Crippen molar-refractivity contribution in [3.8, 4) is 17.2 Å². The minimum atomic E-state index is -0.298. The lowest BCUT2D eigenvalue weighted by molar-refractivity contribution is 0.104. The summed E-state index contributed by atoms with van der Waals surface area (Å²) in [7, 11) is 4.52. The third-order valence-corrected chi connectivity index (χ3v) is 6.19. The molecule has 6 nitrogen and oxygen atoms in total. The van der Waals surface area contributed by atoms with Crippen LogP contribution in [0.5, 0.6) is 17.2 Å². The van der Waals surface area contributed by atoms with Gasteiger partial charge in [0.25, 0.3) is 0 Å². The minimum absolute atomic E-state index is 0.00835. The molecule has 8 heteroatoms. The molecule has 0 spiro atoms. The summed E-state index contributed by atoms with van der Waals surface area (Å²) in [5, 5.41) is 3.46.